The Balaban J connectivity index is 1.31. The lowest BCUT2D eigenvalue weighted by molar-refractivity contribution is 0.400. The molecule has 36 heavy (non-hydrogen) atoms. The van der Waals surface area contributed by atoms with Gasteiger partial charge in [0.05, 0.1) is 6.21 Å². The van der Waals surface area contributed by atoms with E-state index in [9.17, 15) is 0 Å². The van der Waals surface area contributed by atoms with Gasteiger partial charge in [0.1, 0.15) is 0 Å². The van der Waals surface area contributed by atoms with Crippen LogP contribution in [-0.4, -0.2) is 34.3 Å². The monoisotopic (exact) mass is 477 g/mol. The number of nitrogens with zero attached hydrogens (tertiary/aromatic N) is 5. The van der Waals surface area contributed by atoms with E-state index in [0.29, 0.717) is 23.8 Å². The molecule has 7 heteroatoms. The van der Waals surface area contributed by atoms with Crippen molar-refractivity contribution in [2.24, 2.45) is 11.0 Å². The largest absolute Gasteiger partial charge is 0.341 e. The Labute approximate surface area is 212 Å². The Kier molecular flexibility index (Phi) is 7.46. The van der Waals surface area contributed by atoms with E-state index in [0.717, 1.165) is 43.6 Å². The fourth-order valence-electron chi connectivity index (χ4n) is 4.37. The molecule has 0 atom stereocenters. The first-order valence-corrected chi connectivity index (χ1v) is 12.4. The van der Waals surface area contributed by atoms with Crippen molar-refractivity contribution >= 4 is 29.7 Å². The summed E-state index contributed by atoms with van der Waals surface area (Å²) in [6.45, 7) is 3.90. The van der Waals surface area contributed by atoms with Gasteiger partial charge in [-0.2, -0.15) is 20.1 Å². The van der Waals surface area contributed by atoms with Crippen LogP contribution in [0.5, 0.6) is 0 Å². The number of hydrazone groups is 1. The summed E-state index contributed by atoms with van der Waals surface area (Å²) in [5.74, 6) is 2.24. The van der Waals surface area contributed by atoms with Gasteiger partial charge in [-0.1, -0.05) is 78.4 Å². The quantitative estimate of drug-likeness (QED) is 0.246. The lowest BCUT2D eigenvalue weighted by Crippen LogP contribution is -2.35. The van der Waals surface area contributed by atoms with Crippen LogP contribution in [0.4, 0.5) is 23.5 Å². The number of aryl methyl sites for hydroxylation is 1. The molecule has 2 heterocycles. The average Bonchev–Trinajstić information content (AvgIpc) is 2.92. The molecule has 3 aromatic carbocycles. The maximum Gasteiger partial charge on any atom is 0.250 e. The van der Waals surface area contributed by atoms with Crippen LogP contribution in [0.3, 0.4) is 0 Å². The third-order valence-corrected chi connectivity index (χ3v) is 6.37. The predicted octanol–water partition coefficient (Wildman–Crippen LogP) is 5.83. The lowest BCUT2D eigenvalue weighted by Gasteiger charge is -2.32. The molecule has 2 N–H and O–H groups in total. The summed E-state index contributed by atoms with van der Waals surface area (Å²) in [4.78, 5) is 16.3. The SMILES string of the molecule is Cc1ccc(Nc2nc(NN=Cc3ccccc3)nc(N3CCC(Cc4ccccc4)CC3)n2)cc1. The Morgan fingerprint density at radius 3 is 2.22 bits per heavy atom. The first-order valence-electron chi connectivity index (χ1n) is 12.4. The molecule has 0 radical (unpaired) electrons. The molecule has 0 bridgehead atoms. The zero-order valence-electron chi connectivity index (χ0n) is 20.5. The Morgan fingerprint density at radius 1 is 0.833 bits per heavy atom. The lowest BCUT2D eigenvalue weighted by atomic mass is 9.90. The first kappa shape index (κ1) is 23.5. The first-order chi connectivity index (χ1) is 17.7. The minimum atomic E-state index is 0.410. The predicted molar refractivity (Wildman–Crippen MR) is 147 cm³/mol. The van der Waals surface area contributed by atoms with Crippen LogP contribution in [0.25, 0.3) is 0 Å². The smallest absolute Gasteiger partial charge is 0.250 e. The maximum absolute atomic E-state index is 4.75. The van der Waals surface area contributed by atoms with Crippen molar-refractivity contribution < 1.29 is 0 Å². The highest BCUT2D eigenvalue weighted by Crippen LogP contribution is 2.25. The molecule has 0 aliphatic carbocycles. The minimum Gasteiger partial charge on any atom is -0.341 e. The number of aromatic nitrogens is 3. The Bertz CT molecular complexity index is 1270. The molecule has 5 rings (SSSR count). The Morgan fingerprint density at radius 2 is 1.50 bits per heavy atom. The molecule has 4 aromatic rings. The number of hydrogen-bond acceptors (Lipinski definition) is 7. The molecule has 7 nitrogen and oxygen atoms in total. The van der Waals surface area contributed by atoms with Gasteiger partial charge in [-0.25, -0.2) is 5.43 Å². The summed E-state index contributed by atoms with van der Waals surface area (Å²) in [7, 11) is 0. The summed E-state index contributed by atoms with van der Waals surface area (Å²) in [6.07, 6.45) is 5.09. The molecule has 182 valence electrons. The van der Waals surface area contributed by atoms with Crippen LogP contribution in [-0.2, 0) is 6.42 Å². The zero-order chi connectivity index (χ0) is 24.6. The summed E-state index contributed by atoms with van der Waals surface area (Å²) in [6, 6.07) is 28.8. The minimum absolute atomic E-state index is 0.410. The van der Waals surface area contributed by atoms with E-state index in [1.165, 1.54) is 11.1 Å². The highest BCUT2D eigenvalue weighted by molar-refractivity contribution is 5.79. The highest BCUT2D eigenvalue weighted by Gasteiger charge is 2.22. The highest BCUT2D eigenvalue weighted by atomic mass is 15.4. The molecule has 1 fully saturated rings. The van der Waals surface area contributed by atoms with E-state index >= 15 is 0 Å². The van der Waals surface area contributed by atoms with E-state index in [2.05, 4.69) is 75.1 Å². The van der Waals surface area contributed by atoms with Crippen molar-refractivity contribution in [1.29, 1.82) is 0 Å². The fourth-order valence-corrected chi connectivity index (χ4v) is 4.37. The zero-order valence-corrected chi connectivity index (χ0v) is 20.5. The molecular weight excluding hydrogens is 446 g/mol. The van der Waals surface area contributed by atoms with Crippen molar-refractivity contribution in [3.05, 3.63) is 102 Å². The van der Waals surface area contributed by atoms with Crippen LogP contribution >= 0.6 is 0 Å². The van der Waals surface area contributed by atoms with E-state index in [1.807, 2.05) is 42.5 Å². The van der Waals surface area contributed by atoms with Gasteiger partial charge < -0.3 is 10.2 Å². The van der Waals surface area contributed by atoms with Gasteiger partial charge in [0.2, 0.25) is 17.8 Å². The van der Waals surface area contributed by atoms with Crippen molar-refractivity contribution in [3.63, 3.8) is 0 Å². The van der Waals surface area contributed by atoms with Gasteiger partial charge in [-0.15, -0.1) is 0 Å². The van der Waals surface area contributed by atoms with Gasteiger partial charge in [-0.05, 0) is 55.4 Å². The third-order valence-electron chi connectivity index (χ3n) is 6.37. The second-order valence-electron chi connectivity index (χ2n) is 9.17. The standard InChI is InChI=1S/C29H31N7/c1-22-12-14-26(15-13-22)31-27-32-28(35-30-21-25-10-6-3-7-11-25)34-29(33-27)36-18-16-24(17-19-36)20-23-8-4-2-5-9-23/h2-15,21,24H,16-20H2,1H3,(H2,31,32,33,34,35). The van der Waals surface area contributed by atoms with Crippen molar-refractivity contribution in [3.8, 4) is 0 Å². The normalized spacial score (nSPS) is 14.2. The molecule has 1 aromatic heterocycles. The van der Waals surface area contributed by atoms with Crippen molar-refractivity contribution in [2.45, 2.75) is 26.2 Å². The van der Waals surface area contributed by atoms with Gasteiger partial charge in [-0.3, -0.25) is 0 Å². The number of benzene rings is 3. The second kappa shape index (κ2) is 11.4. The topological polar surface area (TPSA) is 78.3 Å². The summed E-state index contributed by atoms with van der Waals surface area (Å²) in [5.41, 5.74) is 7.52. The number of nitrogens with one attached hydrogen (secondary N) is 2. The van der Waals surface area contributed by atoms with Crippen LogP contribution in [0.15, 0.2) is 90.0 Å². The van der Waals surface area contributed by atoms with Gasteiger partial charge in [0, 0.05) is 18.8 Å². The molecule has 1 aliphatic heterocycles. The molecule has 0 unspecified atom stereocenters. The van der Waals surface area contributed by atoms with E-state index < -0.39 is 0 Å². The molecular formula is C29H31N7. The van der Waals surface area contributed by atoms with Crippen LogP contribution in [0.2, 0.25) is 0 Å². The number of anilines is 4. The molecule has 1 aliphatic rings. The summed E-state index contributed by atoms with van der Waals surface area (Å²) in [5, 5.41) is 7.66. The molecule has 0 spiro atoms. The van der Waals surface area contributed by atoms with Crippen LogP contribution in [0.1, 0.15) is 29.5 Å². The third kappa shape index (κ3) is 6.44. The van der Waals surface area contributed by atoms with E-state index in [4.69, 9.17) is 9.97 Å². The van der Waals surface area contributed by atoms with Crippen LogP contribution < -0.4 is 15.6 Å². The van der Waals surface area contributed by atoms with Gasteiger partial charge >= 0.3 is 0 Å². The summed E-state index contributed by atoms with van der Waals surface area (Å²) >= 11 is 0. The molecule has 0 saturated carbocycles. The van der Waals surface area contributed by atoms with Gasteiger partial charge in [0.25, 0.3) is 0 Å². The molecule has 0 amide bonds. The van der Waals surface area contributed by atoms with Crippen molar-refractivity contribution in [1.82, 2.24) is 15.0 Å². The van der Waals surface area contributed by atoms with E-state index in [-0.39, 0.29) is 0 Å². The van der Waals surface area contributed by atoms with Gasteiger partial charge in [0.15, 0.2) is 0 Å². The fraction of sp³-hybridized carbons (Fsp3) is 0.241. The summed E-state index contributed by atoms with van der Waals surface area (Å²) < 4.78 is 0. The number of rotatable bonds is 8. The number of piperidine rings is 1. The molecule has 1 saturated heterocycles. The second-order valence-corrected chi connectivity index (χ2v) is 9.17. The number of hydrogen-bond donors (Lipinski definition) is 2. The van der Waals surface area contributed by atoms with Crippen molar-refractivity contribution in [2.75, 3.05) is 28.7 Å². The van der Waals surface area contributed by atoms with Crippen LogP contribution in [0, 0.1) is 12.8 Å². The van der Waals surface area contributed by atoms with E-state index in [1.54, 1.807) is 6.21 Å². The Hall–Kier alpha value is -4.26. The maximum atomic E-state index is 4.75. The average molecular weight is 478 g/mol.